The van der Waals surface area contributed by atoms with Gasteiger partial charge in [-0.15, -0.1) is 5.10 Å². The molecule has 0 spiro atoms. The maximum atomic E-state index is 12.4. The molecule has 3 heterocycles. The van der Waals surface area contributed by atoms with Gasteiger partial charge in [0, 0.05) is 38.6 Å². The summed E-state index contributed by atoms with van der Waals surface area (Å²) in [4.78, 5) is 27.8. The summed E-state index contributed by atoms with van der Waals surface area (Å²) in [5, 5.41) is 9.79. The Labute approximate surface area is 131 Å². The molecule has 0 bridgehead atoms. The fourth-order valence-corrected chi connectivity index (χ4v) is 2.98. The molecular weight excluding hydrogens is 304 g/mol. The Morgan fingerprint density at radius 1 is 1.36 bits per heavy atom. The number of rotatable bonds is 2. The molecule has 0 saturated heterocycles. The van der Waals surface area contributed by atoms with Crippen molar-refractivity contribution in [3.05, 3.63) is 28.0 Å². The maximum Gasteiger partial charge on any atom is 0.275 e. The number of nitrogens with zero attached hydrogens (tertiary/aromatic N) is 6. The average Bonchev–Trinajstić information content (AvgIpc) is 3.14. The Morgan fingerprint density at radius 2 is 2.14 bits per heavy atom. The number of aromatic nitrogens is 4. The van der Waals surface area contributed by atoms with Crippen LogP contribution >= 0.6 is 11.5 Å². The van der Waals surface area contributed by atoms with Gasteiger partial charge in [0.2, 0.25) is 0 Å². The third kappa shape index (κ3) is 2.37. The number of fused-ring (bicyclic) bond motifs is 1. The van der Waals surface area contributed by atoms with Crippen molar-refractivity contribution in [3.63, 3.8) is 0 Å². The highest BCUT2D eigenvalue weighted by molar-refractivity contribution is 7.03. The minimum atomic E-state index is -0.138. The van der Waals surface area contributed by atoms with Crippen LogP contribution in [0, 0.1) is 0 Å². The lowest BCUT2D eigenvalue weighted by Crippen LogP contribution is -2.37. The molecule has 9 heteroatoms. The van der Waals surface area contributed by atoms with E-state index in [-0.39, 0.29) is 11.8 Å². The van der Waals surface area contributed by atoms with Crippen molar-refractivity contribution in [1.82, 2.24) is 29.2 Å². The van der Waals surface area contributed by atoms with Crippen molar-refractivity contribution in [3.8, 4) is 0 Å². The molecular formula is C13H16N6O2S. The van der Waals surface area contributed by atoms with E-state index in [0.717, 1.165) is 22.8 Å². The predicted molar refractivity (Wildman–Crippen MR) is 79.6 cm³/mol. The number of amides is 2. The number of aryl methyl sites for hydroxylation is 1. The molecule has 0 saturated carbocycles. The summed E-state index contributed by atoms with van der Waals surface area (Å²) in [6, 6.07) is 0. The number of hydrogen-bond acceptors (Lipinski definition) is 6. The van der Waals surface area contributed by atoms with Gasteiger partial charge in [-0.1, -0.05) is 4.49 Å². The third-order valence-corrected chi connectivity index (χ3v) is 4.23. The van der Waals surface area contributed by atoms with E-state index >= 15 is 0 Å². The van der Waals surface area contributed by atoms with Crippen LogP contribution in [0.4, 0.5) is 0 Å². The van der Waals surface area contributed by atoms with Gasteiger partial charge in [-0.3, -0.25) is 14.3 Å². The van der Waals surface area contributed by atoms with E-state index < -0.39 is 0 Å². The third-order valence-electron chi connectivity index (χ3n) is 3.72. The van der Waals surface area contributed by atoms with Gasteiger partial charge in [-0.05, 0) is 18.0 Å². The van der Waals surface area contributed by atoms with Crippen LogP contribution in [0.5, 0.6) is 0 Å². The molecule has 0 N–H and O–H groups in total. The molecule has 1 aliphatic rings. The first-order chi connectivity index (χ1) is 10.5. The Kier molecular flexibility index (Phi) is 3.65. The van der Waals surface area contributed by atoms with Gasteiger partial charge in [0.15, 0.2) is 11.4 Å². The molecule has 8 nitrogen and oxygen atoms in total. The summed E-state index contributed by atoms with van der Waals surface area (Å²) in [6.45, 7) is 0.971. The minimum absolute atomic E-state index is 0.111. The van der Waals surface area contributed by atoms with E-state index in [9.17, 15) is 9.59 Å². The fourth-order valence-electron chi connectivity index (χ4n) is 2.55. The molecule has 0 radical (unpaired) electrons. The Balaban J connectivity index is 1.88. The Morgan fingerprint density at radius 3 is 2.77 bits per heavy atom. The zero-order valence-corrected chi connectivity index (χ0v) is 13.4. The van der Waals surface area contributed by atoms with Crippen molar-refractivity contribution < 1.29 is 9.59 Å². The molecule has 0 atom stereocenters. The quantitative estimate of drug-likeness (QED) is 0.788. The zero-order chi connectivity index (χ0) is 15.9. The van der Waals surface area contributed by atoms with Crippen LogP contribution in [0.1, 0.15) is 32.2 Å². The van der Waals surface area contributed by atoms with E-state index in [4.69, 9.17) is 0 Å². The van der Waals surface area contributed by atoms with Crippen molar-refractivity contribution in [2.24, 2.45) is 7.05 Å². The first-order valence-corrected chi connectivity index (χ1v) is 7.65. The smallest absolute Gasteiger partial charge is 0.275 e. The minimum Gasteiger partial charge on any atom is -0.343 e. The lowest BCUT2D eigenvalue weighted by Gasteiger charge is -2.27. The van der Waals surface area contributed by atoms with E-state index in [1.807, 2.05) is 0 Å². The highest BCUT2D eigenvalue weighted by Gasteiger charge is 2.30. The van der Waals surface area contributed by atoms with Crippen LogP contribution < -0.4 is 0 Å². The Bertz CT molecular complexity index is 721. The number of carbonyl (C=O) groups is 2. The second kappa shape index (κ2) is 5.48. The largest absolute Gasteiger partial charge is 0.343 e. The van der Waals surface area contributed by atoms with Crippen LogP contribution in [-0.4, -0.2) is 61.6 Å². The Hall–Kier alpha value is -2.29. The summed E-state index contributed by atoms with van der Waals surface area (Å²) in [5.41, 5.74) is 2.67. The van der Waals surface area contributed by atoms with Crippen molar-refractivity contribution in [2.75, 3.05) is 20.6 Å². The number of carbonyl (C=O) groups excluding carboxylic acids is 2. The van der Waals surface area contributed by atoms with Gasteiger partial charge in [0.25, 0.3) is 11.8 Å². The molecule has 2 aromatic heterocycles. The first-order valence-electron chi connectivity index (χ1n) is 6.81. The van der Waals surface area contributed by atoms with Crippen molar-refractivity contribution in [2.45, 2.75) is 13.0 Å². The lowest BCUT2D eigenvalue weighted by atomic mass is 10.0. The van der Waals surface area contributed by atoms with Crippen LogP contribution in [-0.2, 0) is 20.0 Å². The molecule has 0 aromatic carbocycles. The summed E-state index contributed by atoms with van der Waals surface area (Å²) in [6.07, 6.45) is 0.612. The predicted octanol–water partition coefficient (Wildman–Crippen LogP) is 0.172. The fraction of sp³-hybridized carbons (Fsp3) is 0.462. The van der Waals surface area contributed by atoms with Gasteiger partial charge in [0.1, 0.15) is 0 Å². The van der Waals surface area contributed by atoms with Gasteiger partial charge in [-0.25, -0.2) is 0 Å². The second-order valence-electron chi connectivity index (χ2n) is 5.36. The van der Waals surface area contributed by atoms with Crippen molar-refractivity contribution >= 4 is 23.3 Å². The zero-order valence-electron chi connectivity index (χ0n) is 12.6. The highest BCUT2D eigenvalue weighted by atomic mass is 32.1. The SMILES string of the molecule is CN(C)C(=O)c1nn(C)c2c1CCN(C(=O)c1csnn1)C2. The van der Waals surface area contributed by atoms with Gasteiger partial charge in [0.05, 0.1) is 12.2 Å². The first kappa shape index (κ1) is 14.6. The summed E-state index contributed by atoms with van der Waals surface area (Å²) in [5.74, 6) is -0.249. The van der Waals surface area contributed by atoms with Crippen LogP contribution in [0.15, 0.2) is 5.38 Å². The monoisotopic (exact) mass is 320 g/mol. The standard InChI is InChI=1S/C13H16N6O2S/c1-17(2)13(21)11-8-4-5-19(6-10(8)18(3)15-11)12(20)9-7-22-16-14-9/h7H,4-6H2,1-3H3. The molecule has 0 unspecified atom stereocenters. The van der Waals surface area contributed by atoms with E-state index in [1.165, 1.54) is 4.90 Å². The molecule has 0 aliphatic carbocycles. The molecule has 2 amide bonds. The maximum absolute atomic E-state index is 12.4. The van der Waals surface area contributed by atoms with Crippen LogP contribution in [0.3, 0.4) is 0 Å². The second-order valence-corrected chi connectivity index (χ2v) is 5.97. The normalized spacial score (nSPS) is 13.9. The number of hydrogen-bond donors (Lipinski definition) is 0. The van der Waals surface area contributed by atoms with Crippen LogP contribution in [0.25, 0.3) is 0 Å². The molecule has 1 aliphatic heterocycles. The van der Waals surface area contributed by atoms with E-state index in [1.54, 1.807) is 36.1 Å². The summed E-state index contributed by atoms with van der Waals surface area (Å²) < 4.78 is 5.41. The molecule has 116 valence electrons. The lowest BCUT2D eigenvalue weighted by molar-refractivity contribution is 0.0724. The van der Waals surface area contributed by atoms with E-state index in [0.29, 0.717) is 30.9 Å². The van der Waals surface area contributed by atoms with Gasteiger partial charge in [-0.2, -0.15) is 5.10 Å². The summed E-state index contributed by atoms with van der Waals surface area (Å²) >= 11 is 1.16. The molecule has 3 rings (SSSR count). The van der Waals surface area contributed by atoms with Gasteiger partial charge >= 0.3 is 0 Å². The van der Waals surface area contributed by atoms with Crippen molar-refractivity contribution in [1.29, 1.82) is 0 Å². The van der Waals surface area contributed by atoms with E-state index in [2.05, 4.69) is 14.7 Å². The topological polar surface area (TPSA) is 84.2 Å². The molecule has 2 aromatic rings. The van der Waals surface area contributed by atoms with Gasteiger partial charge < -0.3 is 9.80 Å². The highest BCUT2D eigenvalue weighted by Crippen LogP contribution is 2.23. The molecule has 0 fully saturated rings. The molecule has 22 heavy (non-hydrogen) atoms. The summed E-state index contributed by atoms with van der Waals surface area (Å²) in [7, 11) is 5.21. The average molecular weight is 320 g/mol. The van der Waals surface area contributed by atoms with Crippen LogP contribution in [0.2, 0.25) is 0 Å².